The van der Waals surface area contributed by atoms with Crippen molar-refractivity contribution in [3.63, 3.8) is 0 Å². The highest BCUT2D eigenvalue weighted by Gasteiger charge is 2.34. The van der Waals surface area contributed by atoms with E-state index in [9.17, 15) is 23.3 Å². The number of nitro groups is 1. The highest BCUT2D eigenvalue weighted by molar-refractivity contribution is 7.80. The Kier molecular flexibility index (Phi) is 4.80. The van der Waals surface area contributed by atoms with E-state index in [4.69, 9.17) is 5.73 Å². The van der Waals surface area contributed by atoms with E-state index in [1.54, 1.807) is 0 Å². The van der Waals surface area contributed by atoms with Gasteiger partial charge < -0.3 is 10.5 Å². The summed E-state index contributed by atoms with van der Waals surface area (Å²) in [6, 6.07) is 2.83. The van der Waals surface area contributed by atoms with Crippen molar-refractivity contribution >= 4 is 29.2 Å². The number of ether oxygens (including phenoxy) is 1. The molecule has 0 radical (unpaired) electrons. The first-order valence-corrected chi connectivity index (χ1v) is 5.22. The van der Waals surface area contributed by atoms with E-state index >= 15 is 0 Å². The molecule has 0 aliphatic carbocycles. The Labute approximate surface area is 115 Å². The maximum absolute atomic E-state index is 12.1. The van der Waals surface area contributed by atoms with Crippen LogP contribution in [0.1, 0.15) is 5.56 Å². The summed E-state index contributed by atoms with van der Waals surface area (Å²) >= 11 is 4.46. The highest BCUT2D eigenvalue weighted by atomic mass is 32.1. The first kappa shape index (κ1) is 15.6. The maximum Gasteiger partial charge on any atom is 0.573 e. The quantitative estimate of drug-likeness (QED) is 0.379. The SMILES string of the molecule is NC(=S)NN=Cc1ccc(OC(F)(F)F)c([N+](=O)[O-])c1. The lowest BCUT2D eigenvalue weighted by atomic mass is 10.2. The van der Waals surface area contributed by atoms with Crippen LogP contribution in [0, 0.1) is 10.1 Å². The summed E-state index contributed by atoms with van der Waals surface area (Å²) < 4.78 is 39.8. The van der Waals surface area contributed by atoms with E-state index in [1.807, 2.05) is 0 Å². The van der Waals surface area contributed by atoms with Crippen LogP contribution in [0.5, 0.6) is 5.75 Å². The number of halogens is 3. The molecule has 0 bridgehead atoms. The molecule has 0 spiro atoms. The summed E-state index contributed by atoms with van der Waals surface area (Å²) in [4.78, 5) is 9.70. The van der Waals surface area contributed by atoms with Crippen LogP contribution >= 0.6 is 12.2 Å². The predicted molar refractivity (Wildman–Crippen MR) is 67.3 cm³/mol. The van der Waals surface area contributed by atoms with Gasteiger partial charge in [0.25, 0.3) is 0 Å². The van der Waals surface area contributed by atoms with Crippen LogP contribution in [0.3, 0.4) is 0 Å². The summed E-state index contributed by atoms with van der Waals surface area (Å²) in [6.07, 6.45) is -3.92. The number of benzene rings is 1. The fourth-order valence-electron chi connectivity index (χ4n) is 1.14. The molecule has 0 unspecified atom stereocenters. The Hall–Kier alpha value is -2.43. The average molecular weight is 308 g/mol. The van der Waals surface area contributed by atoms with Crippen molar-refractivity contribution in [2.75, 3.05) is 0 Å². The van der Waals surface area contributed by atoms with Crippen molar-refractivity contribution < 1.29 is 22.8 Å². The second kappa shape index (κ2) is 6.14. The minimum Gasteiger partial charge on any atom is -0.398 e. The molecule has 108 valence electrons. The zero-order valence-corrected chi connectivity index (χ0v) is 10.4. The van der Waals surface area contributed by atoms with Gasteiger partial charge in [0.1, 0.15) is 0 Å². The van der Waals surface area contributed by atoms with Gasteiger partial charge in [-0.25, -0.2) is 0 Å². The van der Waals surface area contributed by atoms with Crippen LogP contribution in [0.15, 0.2) is 23.3 Å². The van der Waals surface area contributed by atoms with Gasteiger partial charge in [-0.05, 0) is 24.4 Å². The van der Waals surface area contributed by atoms with Gasteiger partial charge in [-0.2, -0.15) is 5.10 Å². The van der Waals surface area contributed by atoms with Crippen LogP contribution in [-0.2, 0) is 0 Å². The van der Waals surface area contributed by atoms with Crippen molar-refractivity contribution in [3.8, 4) is 5.75 Å². The average Bonchev–Trinajstić information content (AvgIpc) is 2.28. The van der Waals surface area contributed by atoms with Gasteiger partial charge in [-0.3, -0.25) is 15.5 Å². The number of thiocarbonyl (C=S) groups is 1. The maximum atomic E-state index is 12.1. The molecule has 20 heavy (non-hydrogen) atoms. The summed E-state index contributed by atoms with van der Waals surface area (Å²) in [5.74, 6) is -0.915. The first-order chi connectivity index (χ1) is 9.19. The lowest BCUT2D eigenvalue weighted by molar-refractivity contribution is -0.388. The number of nitrogens with one attached hydrogen (secondary N) is 1. The molecular formula is C9H7F3N4O3S. The van der Waals surface area contributed by atoms with Crippen molar-refractivity contribution in [1.29, 1.82) is 0 Å². The minimum atomic E-state index is -5.02. The number of alkyl halides is 3. The Morgan fingerprint density at radius 1 is 1.55 bits per heavy atom. The smallest absolute Gasteiger partial charge is 0.398 e. The lowest BCUT2D eigenvalue weighted by Crippen LogP contribution is -2.24. The molecule has 0 aliphatic heterocycles. The molecule has 0 saturated heterocycles. The zero-order valence-electron chi connectivity index (χ0n) is 9.55. The normalized spacial score (nSPS) is 11.3. The molecule has 0 fully saturated rings. The number of hydrazone groups is 1. The number of hydrogen-bond donors (Lipinski definition) is 2. The molecule has 0 heterocycles. The van der Waals surface area contributed by atoms with Crippen molar-refractivity contribution in [2.24, 2.45) is 10.8 Å². The Morgan fingerprint density at radius 3 is 2.70 bits per heavy atom. The molecule has 1 aromatic carbocycles. The standard InChI is InChI=1S/C9H7F3N4O3S/c10-9(11,12)19-7-2-1-5(3-6(7)16(17)18)4-14-15-8(13)20/h1-4H,(H3,13,15,20). The summed E-state index contributed by atoms with van der Waals surface area (Å²) in [6.45, 7) is 0. The molecule has 11 heteroatoms. The van der Waals surface area contributed by atoms with E-state index in [-0.39, 0.29) is 10.7 Å². The summed E-state index contributed by atoms with van der Waals surface area (Å²) in [5.41, 5.74) is 6.59. The summed E-state index contributed by atoms with van der Waals surface area (Å²) in [7, 11) is 0. The lowest BCUT2D eigenvalue weighted by Gasteiger charge is -2.09. The van der Waals surface area contributed by atoms with E-state index in [2.05, 4.69) is 27.5 Å². The van der Waals surface area contributed by atoms with E-state index in [1.165, 1.54) is 0 Å². The molecule has 0 aliphatic rings. The molecular weight excluding hydrogens is 301 g/mol. The van der Waals surface area contributed by atoms with Crippen LogP contribution in [-0.4, -0.2) is 22.6 Å². The van der Waals surface area contributed by atoms with Gasteiger partial charge in [-0.15, -0.1) is 13.2 Å². The van der Waals surface area contributed by atoms with E-state index in [0.29, 0.717) is 0 Å². The summed E-state index contributed by atoms with van der Waals surface area (Å²) in [5, 5.41) is 14.1. The van der Waals surface area contributed by atoms with Crippen molar-refractivity contribution in [3.05, 3.63) is 33.9 Å². The van der Waals surface area contributed by atoms with E-state index in [0.717, 1.165) is 24.4 Å². The van der Waals surface area contributed by atoms with Crippen LogP contribution in [0.4, 0.5) is 18.9 Å². The van der Waals surface area contributed by atoms with Crippen molar-refractivity contribution in [1.82, 2.24) is 5.43 Å². The van der Waals surface area contributed by atoms with Crippen LogP contribution in [0.25, 0.3) is 0 Å². The van der Waals surface area contributed by atoms with E-state index < -0.39 is 22.7 Å². The molecule has 0 atom stereocenters. The van der Waals surface area contributed by atoms with Gasteiger partial charge in [-0.1, -0.05) is 0 Å². The van der Waals surface area contributed by atoms with Gasteiger partial charge in [0.2, 0.25) is 5.75 Å². The molecule has 3 N–H and O–H groups in total. The first-order valence-electron chi connectivity index (χ1n) is 4.82. The highest BCUT2D eigenvalue weighted by Crippen LogP contribution is 2.32. The monoisotopic (exact) mass is 308 g/mol. The topological polar surface area (TPSA) is 103 Å². The largest absolute Gasteiger partial charge is 0.573 e. The third kappa shape index (κ3) is 5.06. The number of nitrogens with two attached hydrogens (primary N) is 1. The molecule has 0 amide bonds. The number of nitrogens with zero attached hydrogens (tertiary/aromatic N) is 2. The fourth-order valence-corrected chi connectivity index (χ4v) is 1.19. The van der Waals surface area contributed by atoms with Gasteiger partial charge in [0, 0.05) is 11.6 Å². The van der Waals surface area contributed by atoms with Crippen molar-refractivity contribution in [2.45, 2.75) is 6.36 Å². The number of hydrogen-bond acceptors (Lipinski definition) is 5. The Balaban J connectivity index is 3.04. The zero-order chi connectivity index (χ0) is 15.3. The number of rotatable bonds is 4. The fraction of sp³-hybridized carbons (Fsp3) is 0.111. The van der Waals surface area contributed by atoms with Crippen LogP contribution < -0.4 is 15.9 Å². The Bertz CT molecular complexity index is 562. The molecule has 1 aromatic rings. The third-order valence-electron chi connectivity index (χ3n) is 1.79. The molecule has 1 rings (SSSR count). The minimum absolute atomic E-state index is 0.132. The number of nitro benzene ring substituents is 1. The molecule has 7 nitrogen and oxygen atoms in total. The second-order valence-corrected chi connectivity index (χ2v) is 3.71. The third-order valence-corrected chi connectivity index (χ3v) is 1.89. The molecule has 0 saturated carbocycles. The van der Waals surface area contributed by atoms with Crippen LogP contribution in [0.2, 0.25) is 0 Å². The van der Waals surface area contributed by atoms with Gasteiger partial charge >= 0.3 is 12.0 Å². The van der Waals surface area contributed by atoms with Gasteiger partial charge in [0.05, 0.1) is 11.1 Å². The predicted octanol–water partition coefficient (Wildman–Crippen LogP) is 1.66. The second-order valence-electron chi connectivity index (χ2n) is 3.27. The molecule has 0 aromatic heterocycles. The Morgan fingerprint density at radius 2 is 2.20 bits per heavy atom. The van der Waals surface area contributed by atoms with Gasteiger partial charge in [0.15, 0.2) is 5.11 Å².